The van der Waals surface area contributed by atoms with E-state index in [0.717, 1.165) is 12.1 Å². The van der Waals surface area contributed by atoms with Gasteiger partial charge in [-0.05, 0) is 50.2 Å². The topological polar surface area (TPSA) is 32.3 Å². The summed E-state index contributed by atoms with van der Waals surface area (Å²) in [5.41, 5.74) is 2.27. The number of anilines is 1. The minimum absolute atomic E-state index is 0.157. The summed E-state index contributed by atoms with van der Waals surface area (Å²) in [6, 6.07) is 12.5. The second-order valence-corrected chi connectivity index (χ2v) is 6.74. The number of amides is 1. The third-order valence-corrected chi connectivity index (χ3v) is 4.64. The molecule has 4 heteroatoms. The average Bonchev–Trinajstić information content (AvgIpc) is 2.95. The highest BCUT2D eigenvalue weighted by molar-refractivity contribution is 7.11. The molecule has 0 fully saturated rings. The zero-order chi connectivity index (χ0) is 15.9. The zero-order valence-electron chi connectivity index (χ0n) is 13.6. The van der Waals surface area contributed by atoms with Crippen LogP contribution >= 0.6 is 11.3 Å². The lowest BCUT2D eigenvalue weighted by atomic mass is 10.1. The number of carbonyl (C=O) groups excluding carboxylic acids is 1. The van der Waals surface area contributed by atoms with Gasteiger partial charge in [0, 0.05) is 28.4 Å². The minimum atomic E-state index is 0.157. The summed E-state index contributed by atoms with van der Waals surface area (Å²) in [6.45, 7) is 5.58. The van der Waals surface area contributed by atoms with Crippen LogP contribution in [0.3, 0.4) is 0 Å². The van der Waals surface area contributed by atoms with Gasteiger partial charge in [0.25, 0.3) is 0 Å². The Hall–Kier alpha value is -1.65. The van der Waals surface area contributed by atoms with E-state index in [1.807, 2.05) is 11.9 Å². The highest BCUT2D eigenvalue weighted by Crippen LogP contribution is 2.23. The quantitative estimate of drug-likeness (QED) is 0.843. The Morgan fingerprint density at radius 3 is 2.45 bits per heavy atom. The van der Waals surface area contributed by atoms with E-state index in [4.69, 9.17) is 0 Å². The molecular formula is C18H24N2OS. The molecule has 0 atom stereocenters. The normalized spacial score (nSPS) is 10.7. The smallest absolute Gasteiger partial charge is 0.228 e. The van der Waals surface area contributed by atoms with Crippen molar-refractivity contribution in [2.24, 2.45) is 0 Å². The SMILES string of the molecule is CCc1ccc(N(Cc2ccc(C)s2)C(=O)CCNC)cc1. The van der Waals surface area contributed by atoms with Gasteiger partial charge in [-0.1, -0.05) is 19.1 Å². The number of hydrogen-bond donors (Lipinski definition) is 1. The number of rotatable bonds is 7. The van der Waals surface area contributed by atoms with Crippen molar-refractivity contribution < 1.29 is 4.79 Å². The van der Waals surface area contributed by atoms with Crippen LogP contribution in [0.25, 0.3) is 0 Å². The van der Waals surface area contributed by atoms with Gasteiger partial charge >= 0.3 is 0 Å². The maximum atomic E-state index is 12.6. The fourth-order valence-corrected chi connectivity index (χ4v) is 3.21. The minimum Gasteiger partial charge on any atom is -0.319 e. The highest BCUT2D eigenvalue weighted by Gasteiger charge is 2.16. The molecule has 0 bridgehead atoms. The van der Waals surface area contributed by atoms with Crippen LogP contribution in [-0.4, -0.2) is 19.5 Å². The van der Waals surface area contributed by atoms with Crippen molar-refractivity contribution in [1.29, 1.82) is 0 Å². The zero-order valence-corrected chi connectivity index (χ0v) is 14.4. The van der Waals surface area contributed by atoms with Crippen molar-refractivity contribution in [2.75, 3.05) is 18.5 Å². The van der Waals surface area contributed by atoms with E-state index in [1.54, 1.807) is 11.3 Å². The van der Waals surface area contributed by atoms with E-state index in [1.165, 1.54) is 15.3 Å². The molecule has 3 nitrogen and oxygen atoms in total. The van der Waals surface area contributed by atoms with Crippen LogP contribution in [-0.2, 0) is 17.8 Å². The Labute approximate surface area is 137 Å². The molecule has 0 radical (unpaired) electrons. The van der Waals surface area contributed by atoms with E-state index in [-0.39, 0.29) is 5.91 Å². The molecule has 1 amide bonds. The van der Waals surface area contributed by atoms with Gasteiger partial charge in [0.15, 0.2) is 0 Å². The first-order valence-electron chi connectivity index (χ1n) is 7.73. The number of thiophene rings is 1. The number of benzene rings is 1. The number of carbonyl (C=O) groups is 1. The van der Waals surface area contributed by atoms with Crippen LogP contribution in [0.4, 0.5) is 5.69 Å². The first-order valence-corrected chi connectivity index (χ1v) is 8.55. The van der Waals surface area contributed by atoms with Crippen molar-refractivity contribution in [3.05, 3.63) is 51.7 Å². The molecule has 2 aromatic rings. The van der Waals surface area contributed by atoms with Crippen LogP contribution < -0.4 is 10.2 Å². The Morgan fingerprint density at radius 1 is 1.18 bits per heavy atom. The largest absolute Gasteiger partial charge is 0.319 e. The first-order chi connectivity index (χ1) is 10.6. The third-order valence-electron chi connectivity index (χ3n) is 3.66. The van der Waals surface area contributed by atoms with Gasteiger partial charge in [-0.2, -0.15) is 0 Å². The molecule has 22 heavy (non-hydrogen) atoms. The maximum absolute atomic E-state index is 12.6. The summed E-state index contributed by atoms with van der Waals surface area (Å²) < 4.78 is 0. The standard InChI is InChI=1S/C18H24N2OS/c1-4-15-6-8-16(9-7-15)20(18(21)11-12-19-3)13-17-10-5-14(2)22-17/h5-10,19H,4,11-13H2,1-3H3. The van der Waals surface area contributed by atoms with Gasteiger partial charge in [0.05, 0.1) is 6.54 Å². The van der Waals surface area contributed by atoms with Gasteiger partial charge < -0.3 is 10.2 Å². The van der Waals surface area contributed by atoms with E-state index >= 15 is 0 Å². The van der Waals surface area contributed by atoms with E-state index < -0.39 is 0 Å². The van der Waals surface area contributed by atoms with Crippen molar-refractivity contribution in [2.45, 2.75) is 33.2 Å². The Kier molecular flexibility index (Phi) is 6.16. The molecule has 0 aliphatic heterocycles. The Balaban J connectivity index is 2.21. The molecule has 0 saturated carbocycles. The highest BCUT2D eigenvalue weighted by atomic mass is 32.1. The molecule has 0 unspecified atom stereocenters. The molecule has 118 valence electrons. The Bertz CT molecular complexity index is 604. The van der Waals surface area contributed by atoms with Gasteiger partial charge in [0.2, 0.25) is 5.91 Å². The molecule has 0 saturated heterocycles. The molecule has 1 N–H and O–H groups in total. The first kappa shape index (κ1) is 16.7. The summed E-state index contributed by atoms with van der Waals surface area (Å²) in [4.78, 5) is 16.9. The molecule has 1 heterocycles. The predicted molar refractivity (Wildman–Crippen MR) is 94.6 cm³/mol. The van der Waals surface area contributed by atoms with Crippen molar-refractivity contribution >= 4 is 22.9 Å². The second kappa shape index (κ2) is 8.11. The number of hydrogen-bond acceptors (Lipinski definition) is 3. The lowest BCUT2D eigenvalue weighted by Gasteiger charge is -2.22. The molecule has 0 aliphatic carbocycles. The monoisotopic (exact) mass is 316 g/mol. The average molecular weight is 316 g/mol. The molecular weight excluding hydrogens is 292 g/mol. The molecule has 2 rings (SSSR count). The van der Waals surface area contributed by atoms with Crippen molar-refractivity contribution in [3.8, 4) is 0 Å². The summed E-state index contributed by atoms with van der Waals surface area (Å²) in [7, 11) is 1.87. The van der Waals surface area contributed by atoms with Crippen LogP contribution in [0.2, 0.25) is 0 Å². The number of nitrogens with zero attached hydrogens (tertiary/aromatic N) is 1. The number of nitrogens with one attached hydrogen (secondary N) is 1. The van der Waals surface area contributed by atoms with Crippen molar-refractivity contribution in [3.63, 3.8) is 0 Å². The van der Waals surface area contributed by atoms with E-state index in [0.29, 0.717) is 19.5 Å². The fraction of sp³-hybridized carbons (Fsp3) is 0.389. The summed E-state index contributed by atoms with van der Waals surface area (Å²) in [6.07, 6.45) is 1.52. The van der Waals surface area contributed by atoms with Gasteiger partial charge in [-0.25, -0.2) is 0 Å². The van der Waals surface area contributed by atoms with Crippen LogP contribution in [0.1, 0.15) is 28.7 Å². The maximum Gasteiger partial charge on any atom is 0.228 e. The number of aryl methyl sites for hydroxylation is 2. The molecule has 1 aromatic heterocycles. The molecule has 0 spiro atoms. The molecule has 0 aliphatic rings. The summed E-state index contributed by atoms with van der Waals surface area (Å²) in [5, 5.41) is 3.05. The third kappa shape index (κ3) is 4.42. The van der Waals surface area contributed by atoms with Crippen LogP contribution in [0, 0.1) is 6.92 Å². The Morgan fingerprint density at radius 2 is 1.91 bits per heavy atom. The van der Waals surface area contributed by atoms with Gasteiger partial charge in [0.1, 0.15) is 0 Å². The van der Waals surface area contributed by atoms with Crippen LogP contribution in [0.5, 0.6) is 0 Å². The van der Waals surface area contributed by atoms with Crippen molar-refractivity contribution in [1.82, 2.24) is 5.32 Å². The van der Waals surface area contributed by atoms with Gasteiger partial charge in [-0.3, -0.25) is 4.79 Å². The lowest BCUT2D eigenvalue weighted by molar-refractivity contribution is -0.118. The summed E-state index contributed by atoms with van der Waals surface area (Å²) >= 11 is 1.75. The summed E-state index contributed by atoms with van der Waals surface area (Å²) in [5.74, 6) is 0.157. The van der Waals surface area contributed by atoms with E-state index in [9.17, 15) is 4.79 Å². The second-order valence-electron chi connectivity index (χ2n) is 5.37. The fourth-order valence-electron chi connectivity index (χ4n) is 2.33. The van der Waals surface area contributed by atoms with Gasteiger partial charge in [-0.15, -0.1) is 11.3 Å². The van der Waals surface area contributed by atoms with E-state index in [2.05, 4.69) is 55.6 Å². The van der Waals surface area contributed by atoms with Crippen LogP contribution in [0.15, 0.2) is 36.4 Å². The lowest BCUT2D eigenvalue weighted by Crippen LogP contribution is -2.32. The molecule has 1 aromatic carbocycles. The predicted octanol–water partition coefficient (Wildman–Crippen LogP) is 3.76.